The summed E-state index contributed by atoms with van der Waals surface area (Å²) in [6, 6.07) is 10.2. The topological polar surface area (TPSA) is 77.3 Å². The van der Waals surface area contributed by atoms with Gasteiger partial charge < -0.3 is 0 Å². The summed E-state index contributed by atoms with van der Waals surface area (Å²) in [5, 5.41) is 11.4. The van der Waals surface area contributed by atoms with Crippen molar-refractivity contribution in [3.63, 3.8) is 0 Å². The van der Waals surface area contributed by atoms with E-state index in [1.54, 1.807) is 6.07 Å². The van der Waals surface area contributed by atoms with Crippen molar-refractivity contribution in [1.29, 1.82) is 0 Å². The molecule has 22 heavy (non-hydrogen) atoms. The zero-order chi connectivity index (χ0) is 16.5. The van der Waals surface area contributed by atoms with Crippen LogP contribution < -0.4 is 0 Å². The van der Waals surface area contributed by atoms with Gasteiger partial charge in [0.15, 0.2) is 9.84 Å². The largest absolute Gasteiger partial charge is 0.301 e. The van der Waals surface area contributed by atoms with Crippen LogP contribution in [0.5, 0.6) is 0 Å². The van der Waals surface area contributed by atoms with E-state index in [0.29, 0.717) is 4.90 Å². The van der Waals surface area contributed by atoms with Gasteiger partial charge in [-0.15, -0.1) is 0 Å². The maximum Gasteiger partial charge on any atom is 0.301 e. The van der Waals surface area contributed by atoms with Crippen molar-refractivity contribution in [3.05, 3.63) is 57.6 Å². The molecule has 7 heteroatoms. The molecule has 2 aromatic carbocycles. The average Bonchev–Trinajstić information content (AvgIpc) is 2.41. The maximum absolute atomic E-state index is 11.8. The van der Waals surface area contributed by atoms with Gasteiger partial charge in [-0.25, -0.2) is 8.42 Å². The molecular weight excluding hydrogens is 322 g/mol. The number of aryl methyl sites for hydroxylation is 2. The fraction of sp³-hybridized carbons (Fsp3) is 0.200. The van der Waals surface area contributed by atoms with E-state index in [2.05, 4.69) is 0 Å². The average molecular weight is 337 g/mol. The van der Waals surface area contributed by atoms with E-state index in [1.165, 1.54) is 23.9 Å². The zero-order valence-corrected chi connectivity index (χ0v) is 14.0. The van der Waals surface area contributed by atoms with Gasteiger partial charge in [-0.05, 0) is 43.2 Å². The predicted octanol–water partition coefficient (Wildman–Crippen LogP) is 3.77. The van der Waals surface area contributed by atoms with Crippen LogP contribution in [0.15, 0.2) is 51.1 Å². The summed E-state index contributed by atoms with van der Waals surface area (Å²) in [5.41, 5.74) is 1.65. The van der Waals surface area contributed by atoms with Gasteiger partial charge in [0, 0.05) is 11.2 Å². The summed E-state index contributed by atoms with van der Waals surface area (Å²) in [6.07, 6.45) is 0.974. The third kappa shape index (κ3) is 3.48. The van der Waals surface area contributed by atoms with E-state index < -0.39 is 14.8 Å². The lowest BCUT2D eigenvalue weighted by Gasteiger charge is -2.09. The maximum atomic E-state index is 11.8. The first-order valence-corrected chi connectivity index (χ1v) is 9.13. The quantitative estimate of drug-likeness (QED) is 0.627. The summed E-state index contributed by atoms with van der Waals surface area (Å²) < 4.78 is 23.5. The van der Waals surface area contributed by atoms with Crippen LogP contribution in [-0.4, -0.2) is 19.6 Å². The SMILES string of the molecule is Cc1ccc(C)c(Sc2cccc(S(C)(=O)=O)c2[N+](=O)[O-])c1. The molecule has 0 aromatic heterocycles. The molecule has 0 atom stereocenters. The fourth-order valence-corrected chi connectivity index (χ4v) is 4.06. The molecule has 0 aliphatic heterocycles. The molecule has 2 rings (SSSR count). The number of nitro groups is 1. The van der Waals surface area contributed by atoms with Crippen LogP contribution in [-0.2, 0) is 9.84 Å². The van der Waals surface area contributed by atoms with Crippen LogP contribution in [0.1, 0.15) is 11.1 Å². The van der Waals surface area contributed by atoms with Crippen LogP contribution in [0.25, 0.3) is 0 Å². The Labute approximate surface area is 133 Å². The van der Waals surface area contributed by atoms with Crippen molar-refractivity contribution in [2.75, 3.05) is 6.26 Å². The highest BCUT2D eigenvalue weighted by Gasteiger charge is 2.26. The van der Waals surface area contributed by atoms with Crippen molar-refractivity contribution >= 4 is 27.3 Å². The lowest BCUT2D eigenvalue weighted by atomic mass is 10.2. The van der Waals surface area contributed by atoms with Gasteiger partial charge in [0.25, 0.3) is 0 Å². The molecule has 0 fully saturated rings. The highest BCUT2D eigenvalue weighted by molar-refractivity contribution is 7.99. The Morgan fingerprint density at radius 1 is 1.09 bits per heavy atom. The van der Waals surface area contributed by atoms with Crippen molar-refractivity contribution in [2.45, 2.75) is 28.5 Å². The molecule has 5 nitrogen and oxygen atoms in total. The molecule has 0 saturated heterocycles. The number of rotatable bonds is 4. The first kappa shape index (κ1) is 16.5. The second-order valence-corrected chi connectivity index (χ2v) is 8.07. The monoisotopic (exact) mass is 337 g/mol. The molecule has 0 heterocycles. The van der Waals surface area contributed by atoms with Gasteiger partial charge in [-0.3, -0.25) is 10.1 Å². The van der Waals surface area contributed by atoms with Gasteiger partial charge in [0.1, 0.15) is 4.90 Å². The van der Waals surface area contributed by atoms with E-state index in [9.17, 15) is 18.5 Å². The minimum atomic E-state index is -3.67. The van der Waals surface area contributed by atoms with Crippen molar-refractivity contribution in [3.8, 4) is 0 Å². The second kappa shape index (κ2) is 6.10. The molecule has 0 amide bonds. The predicted molar refractivity (Wildman–Crippen MR) is 86.2 cm³/mol. The molecule has 0 aliphatic carbocycles. The minimum absolute atomic E-state index is 0.257. The van der Waals surface area contributed by atoms with Gasteiger partial charge in [0.2, 0.25) is 0 Å². The smallest absolute Gasteiger partial charge is 0.258 e. The number of sulfone groups is 1. The van der Waals surface area contributed by atoms with Crippen molar-refractivity contribution in [2.24, 2.45) is 0 Å². The highest BCUT2D eigenvalue weighted by atomic mass is 32.2. The summed E-state index contributed by atoms with van der Waals surface area (Å²) in [5.74, 6) is 0. The van der Waals surface area contributed by atoms with Crippen molar-refractivity contribution in [1.82, 2.24) is 0 Å². The third-order valence-corrected chi connectivity index (χ3v) is 5.45. The normalized spacial score (nSPS) is 11.4. The van der Waals surface area contributed by atoms with Gasteiger partial charge >= 0.3 is 5.69 Å². The molecule has 0 N–H and O–H groups in total. The Morgan fingerprint density at radius 2 is 1.77 bits per heavy atom. The highest BCUT2D eigenvalue weighted by Crippen LogP contribution is 2.39. The third-order valence-electron chi connectivity index (χ3n) is 3.11. The summed E-state index contributed by atoms with van der Waals surface area (Å²) >= 11 is 1.21. The first-order chi connectivity index (χ1) is 10.2. The Bertz CT molecular complexity index is 845. The van der Waals surface area contributed by atoms with E-state index >= 15 is 0 Å². The van der Waals surface area contributed by atoms with Gasteiger partial charge in [0.05, 0.1) is 9.82 Å². The molecule has 0 saturated carbocycles. The van der Waals surface area contributed by atoms with Crippen LogP contribution in [0.4, 0.5) is 5.69 Å². The number of nitro benzene ring substituents is 1. The van der Waals surface area contributed by atoms with Crippen LogP contribution in [0.3, 0.4) is 0 Å². The standard InChI is InChI=1S/C15H15NO4S2/c1-10-7-8-11(2)13(9-10)21-12-5-4-6-14(22(3,19)20)15(12)16(17)18/h4-9H,1-3H3. The Balaban J connectivity index is 2.61. The lowest BCUT2D eigenvalue weighted by Crippen LogP contribution is -2.03. The van der Waals surface area contributed by atoms with Crippen LogP contribution >= 0.6 is 11.8 Å². The molecule has 2 aromatic rings. The van der Waals surface area contributed by atoms with E-state index in [4.69, 9.17) is 0 Å². The molecule has 0 unspecified atom stereocenters. The minimum Gasteiger partial charge on any atom is -0.258 e. The number of nitrogens with zero attached hydrogens (tertiary/aromatic N) is 1. The Morgan fingerprint density at radius 3 is 2.36 bits per heavy atom. The first-order valence-electron chi connectivity index (χ1n) is 6.42. The van der Waals surface area contributed by atoms with E-state index in [-0.39, 0.29) is 10.6 Å². The number of para-hydroxylation sites is 1. The Kier molecular flexibility index (Phi) is 4.58. The number of hydrogen-bond acceptors (Lipinski definition) is 5. The molecule has 116 valence electrons. The molecule has 0 aliphatic rings. The lowest BCUT2D eigenvalue weighted by molar-refractivity contribution is -0.390. The number of hydrogen-bond donors (Lipinski definition) is 0. The van der Waals surface area contributed by atoms with E-state index in [0.717, 1.165) is 22.3 Å². The van der Waals surface area contributed by atoms with Gasteiger partial charge in [-0.2, -0.15) is 0 Å². The zero-order valence-electron chi connectivity index (χ0n) is 12.4. The molecular formula is C15H15NO4S2. The summed E-state index contributed by atoms with van der Waals surface area (Å²) in [7, 11) is -3.67. The summed E-state index contributed by atoms with van der Waals surface area (Å²) in [4.78, 5) is 11.7. The van der Waals surface area contributed by atoms with Crippen molar-refractivity contribution < 1.29 is 13.3 Å². The fourth-order valence-electron chi connectivity index (χ4n) is 2.00. The molecule has 0 spiro atoms. The number of benzene rings is 2. The van der Waals surface area contributed by atoms with Crippen LogP contribution in [0, 0.1) is 24.0 Å². The van der Waals surface area contributed by atoms with Gasteiger partial charge in [-0.1, -0.05) is 30.0 Å². The van der Waals surface area contributed by atoms with E-state index in [1.807, 2.05) is 32.0 Å². The summed E-state index contributed by atoms with van der Waals surface area (Å²) in [6.45, 7) is 3.85. The molecule has 0 radical (unpaired) electrons. The second-order valence-electron chi connectivity index (χ2n) is 5.00. The molecule has 0 bridgehead atoms. The Hall–Kier alpha value is -1.86. The van der Waals surface area contributed by atoms with Crippen LogP contribution in [0.2, 0.25) is 0 Å².